The minimum atomic E-state index is 0.416. The largest absolute Gasteiger partial charge is 0.361 e. The van der Waals surface area contributed by atoms with Crippen molar-refractivity contribution in [3.63, 3.8) is 0 Å². The maximum absolute atomic E-state index is 5.83. The Labute approximate surface area is 151 Å². The van der Waals surface area contributed by atoms with Crippen LogP contribution in [0.5, 0.6) is 0 Å². The van der Waals surface area contributed by atoms with Crippen LogP contribution in [0.3, 0.4) is 0 Å². The standard InChI is InChI=1S/C16H17ClN4S2/c17-13-6-8-14(9-7-13)19-16(23)21-20-15(22)18-11-10-12-4-2-1-3-5-12/h1-9H,10-11H2,(H2,18,20,22)(H2,19,21,23). The van der Waals surface area contributed by atoms with Crippen LogP contribution in [-0.4, -0.2) is 16.8 Å². The molecule has 0 spiro atoms. The molecule has 0 atom stereocenters. The van der Waals surface area contributed by atoms with Crippen LogP contribution in [0.15, 0.2) is 54.6 Å². The predicted octanol–water partition coefficient (Wildman–Crippen LogP) is 3.25. The number of anilines is 1. The lowest BCUT2D eigenvalue weighted by Crippen LogP contribution is -2.48. The molecule has 23 heavy (non-hydrogen) atoms. The topological polar surface area (TPSA) is 48.1 Å². The van der Waals surface area contributed by atoms with Gasteiger partial charge < -0.3 is 10.6 Å². The summed E-state index contributed by atoms with van der Waals surface area (Å²) < 4.78 is 0. The number of hydrogen-bond donors (Lipinski definition) is 4. The highest BCUT2D eigenvalue weighted by Crippen LogP contribution is 2.12. The summed E-state index contributed by atoms with van der Waals surface area (Å²) in [6, 6.07) is 17.5. The van der Waals surface area contributed by atoms with Gasteiger partial charge in [-0.3, -0.25) is 10.9 Å². The molecule has 0 aromatic heterocycles. The summed E-state index contributed by atoms with van der Waals surface area (Å²) >= 11 is 16.2. The highest BCUT2D eigenvalue weighted by Gasteiger charge is 1.99. The zero-order chi connectivity index (χ0) is 16.5. The van der Waals surface area contributed by atoms with Crippen molar-refractivity contribution in [3.05, 3.63) is 65.2 Å². The lowest BCUT2D eigenvalue weighted by Gasteiger charge is -2.14. The summed E-state index contributed by atoms with van der Waals surface area (Å²) in [4.78, 5) is 0. The second-order valence-corrected chi connectivity index (χ2v) is 5.96. The Morgan fingerprint density at radius 3 is 2.22 bits per heavy atom. The Morgan fingerprint density at radius 1 is 0.870 bits per heavy atom. The summed E-state index contributed by atoms with van der Waals surface area (Å²) in [5, 5.41) is 7.71. The number of hydrogen-bond acceptors (Lipinski definition) is 2. The Morgan fingerprint density at radius 2 is 1.52 bits per heavy atom. The van der Waals surface area contributed by atoms with Gasteiger partial charge in [0.25, 0.3) is 0 Å². The van der Waals surface area contributed by atoms with E-state index in [0.29, 0.717) is 15.2 Å². The Kier molecular flexibility index (Phi) is 7.06. The number of thiocarbonyl (C=S) groups is 2. The van der Waals surface area contributed by atoms with E-state index >= 15 is 0 Å². The minimum Gasteiger partial charge on any atom is -0.361 e. The molecule has 0 amide bonds. The van der Waals surface area contributed by atoms with Gasteiger partial charge in [0.2, 0.25) is 0 Å². The van der Waals surface area contributed by atoms with Gasteiger partial charge in [-0.25, -0.2) is 0 Å². The van der Waals surface area contributed by atoms with Gasteiger partial charge in [-0.15, -0.1) is 0 Å². The van der Waals surface area contributed by atoms with Gasteiger partial charge in [0, 0.05) is 17.3 Å². The van der Waals surface area contributed by atoms with E-state index in [2.05, 4.69) is 33.6 Å². The summed E-state index contributed by atoms with van der Waals surface area (Å²) in [6.45, 7) is 0.745. The Balaban J connectivity index is 1.63. The first-order chi connectivity index (χ1) is 11.1. The minimum absolute atomic E-state index is 0.416. The summed E-state index contributed by atoms with van der Waals surface area (Å²) in [6.07, 6.45) is 0.899. The van der Waals surface area contributed by atoms with Crippen LogP contribution < -0.4 is 21.5 Å². The molecule has 0 aliphatic carbocycles. The smallest absolute Gasteiger partial charge is 0.189 e. The molecule has 4 N–H and O–H groups in total. The molecule has 0 aliphatic rings. The van der Waals surface area contributed by atoms with Crippen molar-refractivity contribution in [2.45, 2.75) is 6.42 Å². The maximum Gasteiger partial charge on any atom is 0.189 e. The van der Waals surface area contributed by atoms with E-state index < -0.39 is 0 Å². The average Bonchev–Trinajstić information content (AvgIpc) is 2.56. The fourth-order valence-corrected chi connectivity index (χ4v) is 2.27. The summed E-state index contributed by atoms with van der Waals surface area (Å²) in [7, 11) is 0. The third-order valence-electron chi connectivity index (χ3n) is 2.93. The normalized spacial score (nSPS) is 9.78. The molecule has 0 saturated heterocycles. The molecule has 4 nitrogen and oxygen atoms in total. The maximum atomic E-state index is 5.83. The van der Waals surface area contributed by atoms with Crippen LogP contribution in [0.4, 0.5) is 5.69 Å². The number of rotatable bonds is 4. The number of hydrazine groups is 1. The first-order valence-corrected chi connectivity index (χ1v) is 8.23. The summed E-state index contributed by atoms with van der Waals surface area (Å²) in [5.41, 5.74) is 7.77. The van der Waals surface area contributed by atoms with Gasteiger partial charge in [0.1, 0.15) is 0 Å². The lowest BCUT2D eigenvalue weighted by molar-refractivity contribution is 0.796. The molecule has 0 heterocycles. The second kappa shape index (κ2) is 9.29. The quantitative estimate of drug-likeness (QED) is 0.493. The van der Waals surface area contributed by atoms with Crippen molar-refractivity contribution >= 4 is 51.9 Å². The number of nitrogens with one attached hydrogen (secondary N) is 4. The molecule has 0 radical (unpaired) electrons. The van der Waals surface area contributed by atoms with Crippen LogP contribution in [0, 0.1) is 0 Å². The molecular weight excluding hydrogens is 348 g/mol. The SMILES string of the molecule is S=C(NCCc1ccccc1)NNC(=S)Nc1ccc(Cl)cc1. The fraction of sp³-hybridized carbons (Fsp3) is 0.125. The molecule has 7 heteroatoms. The van der Waals surface area contributed by atoms with Crippen LogP contribution in [-0.2, 0) is 6.42 Å². The van der Waals surface area contributed by atoms with E-state index in [1.165, 1.54) is 5.56 Å². The molecule has 0 unspecified atom stereocenters. The van der Waals surface area contributed by atoms with Crippen LogP contribution in [0.25, 0.3) is 0 Å². The van der Waals surface area contributed by atoms with Crippen LogP contribution >= 0.6 is 36.0 Å². The summed E-state index contributed by atoms with van der Waals surface area (Å²) in [5.74, 6) is 0. The van der Waals surface area contributed by atoms with Crippen molar-refractivity contribution in [1.82, 2.24) is 16.2 Å². The Hall–Kier alpha value is -1.89. The van der Waals surface area contributed by atoms with E-state index in [0.717, 1.165) is 18.7 Å². The van der Waals surface area contributed by atoms with E-state index in [1.54, 1.807) is 12.1 Å². The molecule has 120 valence electrons. The third kappa shape index (κ3) is 6.81. The lowest BCUT2D eigenvalue weighted by atomic mass is 10.1. The monoisotopic (exact) mass is 364 g/mol. The zero-order valence-electron chi connectivity index (χ0n) is 12.3. The first-order valence-electron chi connectivity index (χ1n) is 7.04. The zero-order valence-corrected chi connectivity index (χ0v) is 14.7. The van der Waals surface area contributed by atoms with E-state index in [1.807, 2.05) is 30.3 Å². The van der Waals surface area contributed by atoms with Crippen LogP contribution in [0.1, 0.15) is 5.56 Å². The van der Waals surface area contributed by atoms with Crippen molar-refractivity contribution in [3.8, 4) is 0 Å². The molecule has 0 saturated carbocycles. The third-order valence-corrected chi connectivity index (χ3v) is 3.64. The molecule has 0 bridgehead atoms. The van der Waals surface area contributed by atoms with E-state index in [9.17, 15) is 0 Å². The first kappa shape index (κ1) is 17.5. The van der Waals surface area contributed by atoms with Gasteiger partial charge in [0.15, 0.2) is 10.2 Å². The number of benzene rings is 2. The van der Waals surface area contributed by atoms with Gasteiger partial charge in [-0.2, -0.15) is 0 Å². The molecule has 2 aromatic rings. The van der Waals surface area contributed by atoms with Gasteiger partial charge in [-0.1, -0.05) is 41.9 Å². The molecule has 0 fully saturated rings. The molecule has 2 rings (SSSR count). The van der Waals surface area contributed by atoms with Crippen molar-refractivity contribution < 1.29 is 0 Å². The molecular formula is C16H17ClN4S2. The molecule has 2 aromatic carbocycles. The highest BCUT2D eigenvalue weighted by atomic mass is 35.5. The number of halogens is 1. The average molecular weight is 365 g/mol. The van der Waals surface area contributed by atoms with E-state index in [-0.39, 0.29) is 0 Å². The van der Waals surface area contributed by atoms with Gasteiger partial charge >= 0.3 is 0 Å². The van der Waals surface area contributed by atoms with Crippen molar-refractivity contribution in [1.29, 1.82) is 0 Å². The highest BCUT2D eigenvalue weighted by molar-refractivity contribution is 7.80. The van der Waals surface area contributed by atoms with Crippen LogP contribution in [0.2, 0.25) is 5.02 Å². The molecule has 0 aliphatic heterocycles. The van der Waals surface area contributed by atoms with Gasteiger partial charge in [0.05, 0.1) is 0 Å². The van der Waals surface area contributed by atoms with Crippen molar-refractivity contribution in [2.75, 3.05) is 11.9 Å². The Bertz CT molecular complexity index is 647. The second-order valence-electron chi connectivity index (χ2n) is 4.70. The van der Waals surface area contributed by atoms with Crippen molar-refractivity contribution in [2.24, 2.45) is 0 Å². The fourth-order valence-electron chi connectivity index (χ4n) is 1.82. The predicted molar refractivity (Wildman–Crippen MR) is 105 cm³/mol. The van der Waals surface area contributed by atoms with E-state index in [4.69, 9.17) is 36.0 Å². The van der Waals surface area contributed by atoms with Gasteiger partial charge in [-0.05, 0) is 60.7 Å².